The SMILES string of the molecule is O=C(c1cc2cccnc2[nH]1)N1CCNCC1. The number of nitrogens with one attached hydrogen (secondary N) is 2. The lowest BCUT2D eigenvalue weighted by Crippen LogP contribution is -2.46. The van der Waals surface area contributed by atoms with E-state index in [1.807, 2.05) is 23.1 Å². The Kier molecular flexibility index (Phi) is 2.53. The Labute approximate surface area is 98.8 Å². The third-order valence-electron chi connectivity index (χ3n) is 3.03. The second kappa shape index (κ2) is 4.18. The van der Waals surface area contributed by atoms with E-state index >= 15 is 0 Å². The van der Waals surface area contributed by atoms with Crippen LogP contribution in [0.2, 0.25) is 0 Å². The smallest absolute Gasteiger partial charge is 0.270 e. The van der Waals surface area contributed by atoms with Crippen LogP contribution in [-0.4, -0.2) is 47.0 Å². The molecule has 0 aromatic carbocycles. The summed E-state index contributed by atoms with van der Waals surface area (Å²) in [5, 5.41) is 4.21. The van der Waals surface area contributed by atoms with Gasteiger partial charge in [-0.3, -0.25) is 4.79 Å². The van der Waals surface area contributed by atoms with E-state index in [9.17, 15) is 4.79 Å². The number of amides is 1. The number of hydrogen-bond acceptors (Lipinski definition) is 3. The molecule has 2 aromatic rings. The number of pyridine rings is 1. The molecule has 3 heterocycles. The third-order valence-corrected chi connectivity index (χ3v) is 3.03. The van der Waals surface area contributed by atoms with Gasteiger partial charge in [0, 0.05) is 37.8 Å². The molecule has 0 bridgehead atoms. The lowest BCUT2D eigenvalue weighted by Gasteiger charge is -2.26. The third kappa shape index (κ3) is 1.89. The van der Waals surface area contributed by atoms with Crippen molar-refractivity contribution in [2.45, 2.75) is 0 Å². The summed E-state index contributed by atoms with van der Waals surface area (Å²) >= 11 is 0. The highest BCUT2D eigenvalue weighted by atomic mass is 16.2. The largest absolute Gasteiger partial charge is 0.335 e. The first-order valence-electron chi connectivity index (χ1n) is 5.78. The molecule has 0 saturated carbocycles. The molecule has 0 atom stereocenters. The monoisotopic (exact) mass is 230 g/mol. The van der Waals surface area contributed by atoms with Crippen LogP contribution >= 0.6 is 0 Å². The number of nitrogens with zero attached hydrogens (tertiary/aromatic N) is 2. The summed E-state index contributed by atoms with van der Waals surface area (Å²) in [6.07, 6.45) is 1.72. The summed E-state index contributed by atoms with van der Waals surface area (Å²) in [5.74, 6) is 0.0597. The molecular weight excluding hydrogens is 216 g/mol. The molecule has 1 fully saturated rings. The molecule has 3 rings (SSSR count). The van der Waals surface area contributed by atoms with E-state index in [-0.39, 0.29) is 5.91 Å². The normalized spacial score (nSPS) is 16.4. The minimum atomic E-state index is 0.0597. The van der Waals surface area contributed by atoms with Crippen molar-refractivity contribution in [1.82, 2.24) is 20.2 Å². The predicted molar refractivity (Wildman–Crippen MR) is 64.9 cm³/mol. The molecule has 1 saturated heterocycles. The molecule has 2 N–H and O–H groups in total. The molecule has 5 heteroatoms. The van der Waals surface area contributed by atoms with Gasteiger partial charge in [0.15, 0.2) is 0 Å². The number of hydrogen-bond donors (Lipinski definition) is 2. The van der Waals surface area contributed by atoms with Gasteiger partial charge in [0.2, 0.25) is 0 Å². The maximum Gasteiger partial charge on any atom is 0.270 e. The molecule has 0 spiro atoms. The lowest BCUT2D eigenvalue weighted by molar-refractivity contribution is 0.0731. The Bertz CT molecular complexity index is 509. The molecule has 1 amide bonds. The second-order valence-electron chi connectivity index (χ2n) is 4.17. The average Bonchev–Trinajstić information content (AvgIpc) is 2.82. The van der Waals surface area contributed by atoms with Gasteiger partial charge in [0.25, 0.3) is 5.91 Å². The number of carbonyl (C=O) groups excluding carboxylic acids is 1. The molecule has 0 aliphatic carbocycles. The van der Waals surface area contributed by atoms with Crippen LogP contribution in [0.1, 0.15) is 10.5 Å². The molecule has 88 valence electrons. The van der Waals surface area contributed by atoms with E-state index in [1.54, 1.807) is 6.20 Å². The van der Waals surface area contributed by atoms with Gasteiger partial charge in [-0.1, -0.05) is 0 Å². The summed E-state index contributed by atoms with van der Waals surface area (Å²) in [6.45, 7) is 3.26. The molecule has 1 aliphatic rings. The van der Waals surface area contributed by atoms with Crippen molar-refractivity contribution in [1.29, 1.82) is 0 Å². The van der Waals surface area contributed by atoms with Gasteiger partial charge in [0.05, 0.1) is 0 Å². The average molecular weight is 230 g/mol. The first-order chi connectivity index (χ1) is 8.34. The molecule has 0 unspecified atom stereocenters. The van der Waals surface area contributed by atoms with Gasteiger partial charge >= 0.3 is 0 Å². The van der Waals surface area contributed by atoms with E-state index < -0.39 is 0 Å². The van der Waals surface area contributed by atoms with Crippen molar-refractivity contribution in [3.05, 3.63) is 30.1 Å². The van der Waals surface area contributed by atoms with Crippen molar-refractivity contribution in [2.24, 2.45) is 0 Å². The fraction of sp³-hybridized carbons (Fsp3) is 0.333. The zero-order valence-corrected chi connectivity index (χ0v) is 9.44. The number of aromatic nitrogens is 2. The van der Waals surface area contributed by atoms with Crippen molar-refractivity contribution in [3.63, 3.8) is 0 Å². The van der Waals surface area contributed by atoms with E-state index in [1.165, 1.54) is 0 Å². The highest BCUT2D eigenvalue weighted by molar-refractivity contribution is 5.97. The van der Waals surface area contributed by atoms with Gasteiger partial charge in [0.1, 0.15) is 11.3 Å². The number of H-pyrrole nitrogens is 1. The van der Waals surface area contributed by atoms with Gasteiger partial charge in [-0.2, -0.15) is 0 Å². The Morgan fingerprint density at radius 2 is 2.18 bits per heavy atom. The number of carbonyl (C=O) groups is 1. The van der Waals surface area contributed by atoms with Crippen LogP contribution in [0.5, 0.6) is 0 Å². The Hall–Kier alpha value is -1.88. The summed E-state index contributed by atoms with van der Waals surface area (Å²) in [5.41, 5.74) is 1.39. The van der Waals surface area contributed by atoms with Crippen molar-refractivity contribution in [3.8, 4) is 0 Å². The fourth-order valence-electron chi connectivity index (χ4n) is 2.11. The highest BCUT2D eigenvalue weighted by Gasteiger charge is 2.19. The Morgan fingerprint density at radius 1 is 1.35 bits per heavy atom. The number of rotatable bonds is 1. The number of aromatic amines is 1. The minimum Gasteiger partial charge on any atom is -0.335 e. The zero-order valence-electron chi connectivity index (χ0n) is 9.44. The standard InChI is InChI=1S/C12H14N4O/c17-12(16-6-4-13-5-7-16)10-8-9-2-1-3-14-11(9)15-10/h1-3,8,13H,4-7H2,(H,14,15). The van der Waals surface area contributed by atoms with Gasteiger partial charge in [-0.25, -0.2) is 4.98 Å². The van der Waals surface area contributed by atoms with E-state index in [0.29, 0.717) is 5.69 Å². The summed E-state index contributed by atoms with van der Waals surface area (Å²) in [6, 6.07) is 5.69. The maximum atomic E-state index is 12.2. The molecule has 5 nitrogen and oxygen atoms in total. The number of piperazine rings is 1. The van der Waals surface area contributed by atoms with Crippen LogP contribution in [0.25, 0.3) is 11.0 Å². The lowest BCUT2D eigenvalue weighted by atomic mass is 10.3. The van der Waals surface area contributed by atoms with Crippen molar-refractivity contribution in [2.75, 3.05) is 26.2 Å². The Morgan fingerprint density at radius 3 is 2.94 bits per heavy atom. The zero-order chi connectivity index (χ0) is 11.7. The topological polar surface area (TPSA) is 61.0 Å². The Balaban J connectivity index is 1.89. The summed E-state index contributed by atoms with van der Waals surface area (Å²) < 4.78 is 0. The molecule has 17 heavy (non-hydrogen) atoms. The first kappa shape index (κ1) is 10.3. The van der Waals surface area contributed by atoms with E-state index in [0.717, 1.165) is 37.2 Å². The van der Waals surface area contributed by atoms with Gasteiger partial charge in [-0.05, 0) is 18.2 Å². The molecular formula is C12H14N4O. The molecule has 2 aromatic heterocycles. The van der Waals surface area contributed by atoms with Crippen LogP contribution < -0.4 is 5.32 Å². The molecule has 1 aliphatic heterocycles. The predicted octanol–water partition coefficient (Wildman–Crippen LogP) is 0.608. The van der Waals surface area contributed by atoms with Gasteiger partial charge < -0.3 is 15.2 Å². The van der Waals surface area contributed by atoms with Crippen LogP contribution in [0.15, 0.2) is 24.4 Å². The van der Waals surface area contributed by atoms with Crippen molar-refractivity contribution < 1.29 is 4.79 Å². The van der Waals surface area contributed by atoms with Crippen LogP contribution in [0, 0.1) is 0 Å². The van der Waals surface area contributed by atoms with Crippen LogP contribution in [0.3, 0.4) is 0 Å². The van der Waals surface area contributed by atoms with Gasteiger partial charge in [-0.15, -0.1) is 0 Å². The highest BCUT2D eigenvalue weighted by Crippen LogP contribution is 2.14. The fourth-order valence-corrected chi connectivity index (χ4v) is 2.11. The number of fused-ring (bicyclic) bond motifs is 1. The minimum absolute atomic E-state index is 0.0597. The maximum absolute atomic E-state index is 12.2. The van der Waals surface area contributed by atoms with Crippen LogP contribution in [0.4, 0.5) is 0 Å². The van der Waals surface area contributed by atoms with Crippen molar-refractivity contribution >= 4 is 16.9 Å². The van der Waals surface area contributed by atoms with E-state index in [4.69, 9.17) is 0 Å². The van der Waals surface area contributed by atoms with E-state index in [2.05, 4.69) is 15.3 Å². The summed E-state index contributed by atoms with van der Waals surface area (Å²) in [7, 11) is 0. The quantitative estimate of drug-likeness (QED) is 0.754. The van der Waals surface area contributed by atoms with Crippen LogP contribution in [-0.2, 0) is 0 Å². The first-order valence-corrected chi connectivity index (χ1v) is 5.78. The second-order valence-corrected chi connectivity index (χ2v) is 4.17. The summed E-state index contributed by atoms with van der Waals surface area (Å²) in [4.78, 5) is 21.3. The molecule has 0 radical (unpaired) electrons.